The number of benzene rings is 1. The predicted molar refractivity (Wildman–Crippen MR) is 93.5 cm³/mol. The average Bonchev–Trinajstić information content (AvgIpc) is 2.63. The zero-order valence-corrected chi connectivity index (χ0v) is 14.0. The average molecular weight is 326 g/mol. The summed E-state index contributed by atoms with van der Waals surface area (Å²) < 4.78 is 5.33. The SMILES string of the molecule is CC(C)c1ccccc1NC(=O)c1ccc(N2CCOCC2)nn1. The zero-order valence-electron chi connectivity index (χ0n) is 14.0. The smallest absolute Gasteiger partial charge is 0.276 e. The molecule has 1 aromatic carbocycles. The van der Waals surface area contributed by atoms with E-state index in [0.717, 1.165) is 30.2 Å². The van der Waals surface area contributed by atoms with Crippen molar-refractivity contribution in [3.05, 3.63) is 47.7 Å². The molecule has 24 heavy (non-hydrogen) atoms. The van der Waals surface area contributed by atoms with Crippen molar-refractivity contribution >= 4 is 17.4 Å². The first-order chi connectivity index (χ1) is 11.6. The van der Waals surface area contributed by atoms with E-state index in [0.29, 0.717) is 24.8 Å². The molecule has 0 unspecified atom stereocenters. The van der Waals surface area contributed by atoms with Crippen LogP contribution in [0.4, 0.5) is 11.5 Å². The molecule has 126 valence electrons. The highest BCUT2D eigenvalue weighted by atomic mass is 16.5. The van der Waals surface area contributed by atoms with Gasteiger partial charge in [-0.1, -0.05) is 32.0 Å². The minimum atomic E-state index is -0.246. The summed E-state index contributed by atoms with van der Waals surface area (Å²) in [6.07, 6.45) is 0. The molecule has 0 atom stereocenters. The summed E-state index contributed by atoms with van der Waals surface area (Å²) in [5.41, 5.74) is 2.23. The fourth-order valence-electron chi connectivity index (χ4n) is 2.71. The van der Waals surface area contributed by atoms with E-state index in [1.807, 2.05) is 30.3 Å². The molecule has 0 aliphatic carbocycles. The third-order valence-electron chi connectivity index (χ3n) is 4.05. The number of hydrogen-bond acceptors (Lipinski definition) is 5. The number of ether oxygens (including phenoxy) is 1. The topological polar surface area (TPSA) is 67.4 Å². The van der Waals surface area contributed by atoms with Crippen LogP contribution in [0.2, 0.25) is 0 Å². The van der Waals surface area contributed by atoms with E-state index in [9.17, 15) is 4.79 Å². The van der Waals surface area contributed by atoms with Gasteiger partial charge in [-0.2, -0.15) is 0 Å². The molecule has 6 heteroatoms. The maximum Gasteiger partial charge on any atom is 0.276 e. The summed E-state index contributed by atoms with van der Waals surface area (Å²) in [5.74, 6) is 0.859. The van der Waals surface area contributed by atoms with Gasteiger partial charge >= 0.3 is 0 Å². The second-order valence-corrected chi connectivity index (χ2v) is 6.07. The van der Waals surface area contributed by atoms with E-state index in [4.69, 9.17) is 4.74 Å². The third-order valence-corrected chi connectivity index (χ3v) is 4.05. The van der Waals surface area contributed by atoms with Crippen molar-refractivity contribution < 1.29 is 9.53 Å². The number of para-hydroxylation sites is 1. The fourth-order valence-corrected chi connectivity index (χ4v) is 2.71. The molecule has 2 heterocycles. The monoisotopic (exact) mass is 326 g/mol. The van der Waals surface area contributed by atoms with Crippen molar-refractivity contribution in [2.75, 3.05) is 36.5 Å². The number of morpholine rings is 1. The second-order valence-electron chi connectivity index (χ2n) is 6.07. The number of carbonyl (C=O) groups is 1. The molecule has 1 N–H and O–H groups in total. The molecule has 0 bridgehead atoms. The largest absolute Gasteiger partial charge is 0.378 e. The molecule has 2 aromatic rings. The lowest BCUT2D eigenvalue weighted by molar-refractivity contribution is 0.102. The van der Waals surface area contributed by atoms with Crippen LogP contribution in [0.1, 0.15) is 35.8 Å². The highest BCUT2D eigenvalue weighted by molar-refractivity contribution is 6.03. The van der Waals surface area contributed by atoms with E-state index < -0.39 is 0 Å². The van der Waals surface area contributed by atoms with Gasteiger partial charge in [0.25, 0.3) is 5.91 Å². The van der Waals surface area contributed by atoms with Gasteiger partial charge in [0.2, 0.25) is 0 Å². The summed E-state index contributed by atoms with van der Waals surface area (Å²) in [6, 6.07) is 11.4. The van der Waals surface area contributed by atoms with Crippen LogP contribution < -0.4 is 10.2 Å². The number of hydrogen-bond donors (Lipinski definition) is 1. The number of nitrogens with zero attached hydrogens (tertiary/aromatic N) is 3. The van der Waals surface area contributed by atoms with Gasteiger partial charge in [0.15, 0.2) is 11.5 Å². The van der Waals surface area contributed by atoms with Gasteiger partial charge in [-0.25, -0.2) is 0 Å². The Bertz CT molecular complexity index is 694. The summed E-state index contributed by atoms with van der Waals surface area (Å²) in [7, 11) is 0. The van der Waals surface area contributed by atoms with Gasteiger partial charge < -0.3 is 15.0 Å². The van der Waals surface area contributed by atoms with Crippen molar-refractivity contribution in [3.8, 4) is 0 Å². The molecule has 0 spiro atoms. The summed E-state index contributed by atoms with van der Waals surface area (Å²) in [4.78, 5) is 14.5. The number of nitrogens with one attached hydrogen (secondary N) is 1. The van der Waals surface area contributed by atoms with E-state index in [2.05, 4.69) is 34.3 Å². The lowest BCUT2D eigenvalue weighted by atomic mass is 10.0. The summed E-state index contributed by atoms with van der Waals surface area (Å²) >= 11 is 0. The van der Waals surface area contributed by atoms with Gasteiger partial charge in [0.1, 0.15) is 0 Å². The number of anilines is 2. The fraction of sp³-hybridized carbons (Fsp3) is 0.389. The van der Waals surface area contributed by atoms with Gasteiger partial charge in [0, 0.05) is 18.8 Å². The first kappa shape index (κ1) is 16.4. The lowest BCUT2D eigenvalue weighted by Crippen LogP contribution is -2.37. The van der Waals surface area contributed by atoms with Crippen molar-refractivity contribution in [2.45, 2.75) is 19.8 Å². The van der Waals surface area contributed by atoms with Crippen molar-refractivity contribution in [1.29, 1.82) is 0 Å². The molecule has 1 saturated heterocycles. The minimum absolute atomic E-state index is 0.246. The zero-order chi connectivity index (χ0) is 16.9. The van der Waals surface area contributed by atoms with E-state index in [1.54, 1.807) is 6.07 Å². The maximum absolute atomic E-state index is 12.4. The molecular weight excluding hydrogens is 304 g/mol. The molecule has 1 amide bonds. The molecule has 3 rings (SSSR count). The Morgan fingerprint density at radius 3 is 2.54 bits per heavy atom. The highest BCUT2D eigenvalue weighted by Crippen LogP contribution is 2.24. The quantitative estimate of drug-likeness (QED) is 0.935. The Hall–Kier alpha value is -2.47. The standard InChI is InChI=1S/C18H22N4O2/c1-13(2)14-5-3-4-6-15(14)19-18(23)16-7-8-17(21-20-16)22-9-11-24-12-10-22/h3-8,13H,9-12H2,1-2H3,(H,19,23). The third kappa shape index (κ3) is 3.71. The predicted octanol–water partition coefficient (Wildman–Crippen LogP) is 2.69. The number of rotatable bonds is 4. The van der Waals surface area contributed by atoms with E-state index in [-0.39, 0.29) is 5.91 Å². The molecule has 1 fully saturated rings. The molecule has 1 aromatic heterocycles. The Kier molecular flexibility index (Phi) is 5.05. The molecule has 0 saturated carbocycles. The summed E-state index contributed by atoms with van der Waals surface area (Å²) in [6.45, 7) is 7.17. The normalized spacial score (nSPS) is 14.7. The highest BCUT2D eigenvalue weighted by Gasteiger charge is 2.15. The van der Waals surface area contributed by atoms with E-state index in [1.165, 1.54) is 0 Å². The molecule has 6 nitrogen and oxygen atoms in total. The first-order valence-corrected chi connectivity index (χ1v) is 8.22. The van der Waals surface area contributed by atoms with Crippen LogP contribution >= 0.6 is 0 Å². The van der Waals surface area contributed by atoms with Crippen LogP contribution in [0.15, 0.2) is 36.4 Å². The Labute approximate surface area is 141 Å². The molecule has 0 radical (unpaired) electrons. The van der Waals surface area contributed by atoms with Crippen LogP contribution in [-0.4, -0.2) is 42.4 Å². The van der Waals surface area contributed by atoms with Crippen LogP contribution in [0, 0.1) is 0 Å². The van der Waals surface area contributed by atoms with Crippen LogP contribution in [0.5, 0.6) is 0 Å². The van der Waals surface area contributed by atoms with Gasteiger partial charge in [-0.15, -0.1) is 10.2 Å². The second kappa shape index (κ2) is 7.40. The summed E-state index contributed by atoms with van der Waals surface area (Å²) in [5, 5.41) is 11.2. The Morgan fingerprint density at radius 2 is 1.88 bits per heavy atom. The van der Waals surface area contributed by atoms with Crippen molar-refractivity contribution in [3.63, 3.8) is 0 Å². The van der Waals surface area contributed by atoms with Gasteiger partial charge in [-0.05, 0) is 29.7 Å². The molecular formula is C18H22N4O2. The van der Waals surface area contributed by atoms with Crippen molar-refractivity contribution in [2.24, 2.45) is 0 Å². The Balaban J connectivity index is 1.71. The molecule has 1 aliphatic rings. The van der Waals surface area contributed by atoms with E-state index >= 15 is 0 Å². The van der Waals surface area contributed by atoms with Crippen LogP contribution in [0.25, 0.3) is 0 Å². The number of aromatic nitrogens is 2. The van der Waals surface area contributed by atoms with Crippen LogP contribution in [0.3, 0.4) is 0 Å². The van der Waals surface area contributed by atoms with Gasteiger partial charge in [0.05, 0.1) is 13.2 Å². The number of amides is 1. The van der Waals surface area contributed by atoms with Gasteiger partial charge in [-0.3, -0.25) is 4.79 Å². The first-order valence-electron chi connectivity index (χ1n) is 8.22. The molecule has 1 aliphatic heterocycles. The lowest BCUT2D eigenvalue weighted by Gasteiger charge is -2.27. The van der Waals surface area contributed by atoms with Crippen LogP contribution in [-0.2, 0) is 4.74 Å². The number of carbonyl (C=O) groups excluding carboxylic acids is 1. The minimum Gasteiger partial charge on any atom is -0.378 e. The maximum atomic E-state index is 12.4. The van der Waals surface area contributed by atoms with Crippen molar-refractivity contribution in [1.82, 2.24) is 10.2 Å². The Morgan fingerprint density at radius 1 is 1.12 bits per heavy atom.